The number of Topliss-reactive ketones (excluding diaryl/α,β-unsaturated/α-hetero) is 1. The van der Waals surface area contributed by atoms with Gasteiger partial charge in [0.05, 0.1) is 17.4 Å². The van der Waals surface area contributed by atoms with Gasteiger partial charge >= 0.3 is 0 Å². The fourth-order valence-corrected chi connectivity index (χ4v) is 4.72. The first-order chi connectivity index (χ1) is 16.9. The lowest BCUT2D eigenvalue weighted by Gasteiger charge is -2.35. The second-order valence-corrected chi connectivity index (χ2v) is 9.51. The van der Waals surface area contributed by atoms with Crippen molar-refractivity contribution < 1.29 is 14.7 Å². The maximum absolute atomic E-state index is 13.2. The van der Waals surface area contributed by atoms with Crippen molar-refractivity contribution in [1.82, 2.24) is 14.5 Å². The van der Waals surface area contributed by atoms with E-state index in [4.69, 9.17) is 0 Å². The number of ketones is 1. The van der Waals surface area contributed by atoms with Gasteiger partial charge in [0, 0.05) is 25.7 Å². The molecule has 0 unspecified atom stereocenters. The number of carbonyl (C=O) groups excluding carboxylic acids is 2. The van der Waals surface area contributed by atoms with E-state index in [0.29, 0.717) is 49.9 Å². The number of fused-ring (bicyclic) bond motifs is 1. The number of hydrogen-bond acceptors (Lipinski definition) is 4. The van der Waals surface area contributed by atoms with Gasteiger partial charge in [0.25, 0.3) is 5.91 Å². The first-order valence-corrected chi connectivity index (χ1v) is 12.6. The molecule has 184 valence electrons. The summed E-state index contributed by atoms with van der Waals surface area (Å²) in [7, 11) is 1.98. The molecule has 35 heavy (non-hydrogen) atoms. The van der Waals surface area contributed by atoms with Crippen molar-refractivity contribution in [3.63, 3.8) is 0 Å². The second kappa shape index (κ2) is 10.6. The first-order valence-electron chi connectivity index (χ1n) is 12.6. The van der Waals surface area contributed by atoms with Crippen molar-refractivity contribution in [2.24, 2.45) is 7.05 Å². The van der Waals surface area contributed by atoms with Crippen LogP contribution in [0.15, 0.2) is 60.4 Å². The summed E-state index contributed by atoms with van der Waals surface area (Å²) in [4.78, 5) is 32.2. The number of aryl methyl sites for hydroxylation is 1. The Morgan fingerprint density at radius 1 is 1.09 bits per heavy atom. The Morgan fingerprint density at radius 3 is 2.43 bits per heavy atom. The van der Waals surface area contributed by atoms with E-state index in [2.05, 4.69) is 30.1 Å². The Balaban J connectivity index is 1.43. The molecule has 1 saturated carbocycles. The zero-order valence-electron chi connectivity index (χ0n) is 21.0. The first kappa shape index (κ1) is 24.9. The molecule has 0 bridgehead atoms. The van der Waals surface area contributed by atoms with Crippen molar-refractivity contribution in [2.45, 2.75) is 58.0 Å². The molecule has 3 aromatic rings. The van der Waals surface area contributed by atoms with Gasteiger partial charge in [0.2, 0.25) is 0 Å². The molecule has 0 saturated heterocycles. The van der Waals surface area contributed by atoms with Crippen LogP contribution in [0.25, 0.3) is 22.2 Å². The molecule has 1 amide bonds. The van der Waals surface area contributed by atoms with Crippen molar-refractivity contribution in [1.29, 1.82) is 0 Å². The molecule has 6 nitrogen and oxygen atoms in total. The SMILES string of the molecule is CCCN(CC/C=C(/CC)C(=O)C1(O)CCC1)C(=O)c1ccc(-c2ccc3c(c2)ncn3C)cc1. The van der Waals surface area contributed by atoms with Crippen molar-refractivity contribution in [3.05, 3.63) is 66.0 Å². The lowest BCUT2D eigenvalue weighted by atomic mass is 9.74. The van der Waals surface area contributed by atoms with Gasteiger partial charge in [0.1, 0.15) is 5.60 Å². The van der Waals surface area contributed by atoms with Gasteiger partial charge in [-0.15, -0.1) is 0 Å². The Hall–Kier alpha value is -3.25. The van der Waals surface area contributed by atoms with Crippen LogP contribution in [-0.4, -0.2) is 49.9 Å². The minimum absolute atomic E-state index is 0.00558. The number of nitrogens with zero attached hydrogens (tertiary/aromatic N) is 3. The van der Waals surface area contributed by atoms with Gasteiger partial charge < -0.3 is 14.6 Å². The Kier molecular flexibility index (Phi) is 7.51. The van der Waals surface area contributed by atoms with Crippen LogP contribution in [0.5, 0.6) is 0 Å². The number of imidazole rings is 1. The molecule has 1 aliphatic rings. The van der Waals surface area contributed by atoms with E-state index in [1.54, 1.807) is 0 Å². The fraction of sp³-hybridized carbons (Fsp3) is 0.414. The summed E-state index contributed by atoms with van der Waals surface area (Å²) < 4.78 is 1.99. The molecule has 0 aliphatic heterocycles. The van der Waals surface area contributed by atoms with E-state index in [1.807, 2.05) is 60.1 Å². The molecular formula is C29H35N3O3. The summed E-state index contributed by atoms with van der Waals surface area (Å²) in [5.41, 5.74) is 4.30. The monoisotopic (exact) mass is 473 g/mol. The van der Waals surface area contributed by atoms with Crippen LogP contribution < -0.4 is 0 Å². The molecule has 4 rings (SSSR count). The zero-order chi connectivity index (χ0) is 25.0. The molecule has 1 aliphatic carbocycles. The lowest BCUT2D eigenvalue weighted by Crippen LogP contribution is -2.45. The largest absolute Gasteiger partial charge is 0.382 e. The molecule has 0 radical (unpaired) electrons. The number of carbonyl (C=O) groups is 2. The molecule has 1 N–H and O–H groups in total. The van der Waals surface area contributed by atoms with Crippen LogP contribution in [0.1, 0.15) is 62.7 Å². The highest BCUT2D eigenvalue weighted by atomic mass is 16.3. The van der Waals surface area contributed by atoms with E-state index in [-0.39, 0.29) is 11.7 Å². The zero-order valence-corrected chi connectivity index (χ0v) is 21.0. The van der Waals surface area contributed by atoms with E-state index in [9.17, 15) is 14.7 Å². The van der Waals surface area contributed by atoms with Gasteiger partial charge in [0.15, 0.2) is 5.78 Å². The maximum atomic E-state index is 13.2. The van der Waals surface area contributed by atoms with Crippen LogP contribution >= 0.6 is 0 Å². The number of aromatic nitrogens is 2. The summed E-state index contributed by atoms with van der Waals surface area (Å²) >= 11 is 0. The standard InChI is InChI=1S/C29H35N3O3/c1-4-17-32(18-6-8-21(5-2)27(33)29(35)15-7-16-29)28(34)23-11-9-22(10-12-23)24-13-14-26-25(19-24)30-20-31(26)3/h8-14,19-20,35H,4-7,15-18H2,1-3H3/b21-8-. The van der Waals surface area contributed by atoms with Gasteiger partial charge in [-0.05, 0) is 79.5 Å². The molecule has 2 aromatic carbocycles. The summed E-state index contributed by atoms with van der Waals surface area (Å²) in [6, 6.07) is 13.9. The molecule has 0 atom stereocenters. The van der Waals surface area contributed by atoms with Crippen LogP contribution in [0.3, 0.4) is 0 Å². The minimum Gasteiger partial charge on any atom is -0.382 e. The van der Waals surface area contributed by atoms with Crippen LogP contribution in [-0.2, 0) is 11.8 Å². The molecule has 1 fully saturated rings. The molecule has 1 heterocycles. The molecular weight excluding hydrogens is 438 g/mol. The highest BCUT2D eigenvalue weighted by molar-refractivity contribution is 6.02. The van der Waals surface area contributed by atoms with Gasteiger partial charge in [-0.3, -0.25) is 9.59 Å². The number of amides is 1. The normalized spacial score (nSPS) is 15.1. The number of benzene rings is 2. The second-order valence-electron chi connectivity index (χ2n) is 9.51. The van der Waals surface area contributed by atoms with E-state index in [1.165, 1.54) is 0 Å². The summed E-state index contributed by atoms with van der Waals surface area (Å²) in [5.74, 6) is -0.145. The molecule has 6 heteroatoms. The van der Waals surface area contributed by atoms with Crippen LogP contribution in [0, 0.1) is 0 Å². The summed E-state index contributed by atoms with van der Waals surface area (Å²) in [5, 5.41) is 10.4. The predicted molar refractivity (Wildman–Crippen MR) is 139 cm³/mol. The number of hydrogen-bond donors (Lipinski definition) is 1. The van der Waals surface area contributed by atoms with Crippen molar-refractivity contribution in [3.8, 4) is 11.1 Å². The topological polar surface area (TPSA) is 75.4 Å². The van der Waals surface area contributed by atoms with E-state index < -0.39 is 5.60 Å². The maximum Gasteiger partial charge on any atom is 0.253 e. The summed E-state index contributed by atoms with van der Waals surface area (Å²) in [6.07, 6.45) is 7.76. The van der Waals surface area contributed by atoms with Gasteiger partial charge in [-0.25, -0.2) is 4.98 Å². The third kappa shape index (κ3) is 5.22. The Labute approximate surface area is 207 Å². The van der Waals surface area contributed by atoms with Gasteiger partial charge in [-0.2, -0.15) is 0 Å². The van der Waals surface area contributed by atoms with Crippen molar-refractivity contribution in [2.75, 3.05) is 13.1 Å². The third-order valence-corrected chi connectivity index (χ3v) is 7.04. The number of aliphatic hydroxyl groups is 1. The average molecular weight is 474 g/mol. The quantitative estimate of drug-likeness (QED) is 0.405. The van der Waals surface area contributed by atoms with E-state index in [0.717, 1.165) is 35.0 Å². The highest BCUT2D eigenvalue weighted by Gasteiger charge is 2.42. The molecule has 1 aromatic heterocycles. The lowest BCUT2D eigenvalue weighted by molar-refractivity contribution is -0.141. The molecule has 0 spiro atoms. The minimum atomic E-state index is -1.16. The smallest absolute Gasteiger partial charge is 0.253 e. The highest BCUT2D eigenvalue weighted by Crippen LogP contribution is 2.35. The average Bonchev–Trinajstić information content (AvgIpc) is 3.23. The third-order valence-electron chi connectivity index (χ3n) is 7.04. The Bertz CT molecular complexity index is 1240. The van der Waals surface area contributed by atoms with Gasteiger partial charge in [-0.1, -0.05) is 38.1 Å². The number of rotatable bonds is 10. The summed E-state index contributed by atoms with van der Waals surface area (Å²) in [6.45, 7) is 5.19. The fourth-order valence-electron chi connectivity index (χ4n) is 4.72. The Morgan fingerprint density at radius 2 is 1.80 bits per heavy atom. The predicted octanol–water partition coefficient (Wildman–Crippen LogP) is 5.30. The van der Waals surface area contributed by atoms with Crippen molar-refractivity contribution >= 4 is 22.7 Å². The van der Waals surface area contributed by atoms with Crippen LogP contribution in [0.2, 0.25) is 0 Å². The van der Waals surface area contributed by atoms with Crippen LogP contribution in [0.4, 0.5) is 0 Å². The van der Waals surface area contributed by atoms with E-state index >= 15 is 0 Å².